The fourth-order valence-electron chi connectivity index (χ4n) is 1.56. The molecule has 0 saturated heterocycles. The molecule has 1 aromatic carbocycles. The molecule has 2 aromatic rings. The van der Waals surface area contributed by atoms with Crippen LogP contribution in [0.4, 0.5) is 18.9 Å². The van der Waals surface area contributed by atoms with Crippen LogP contribution in [0.1, 0.15) is 10.6 Å². The summed E-state index contributed by atoms with van der Waals surface area (Å²) in [7, 11) is 0. The Morgan fingerprint density at radius 3 is 2.52 bits per heavy atom. The van der Waals surface area contributed by atoms with Crippen LogP contribution in [0.3, 0.4) is 0 Å². The van der Waals surface area contributed by atoms with Gasteiger partial charge in [-0.3, -0.25) is 4.79 Å². The molecule has 21 heavy (non-hydrogen) atoms. The average molecular weight is 335 g/mol. The first-order valence-corrected chi connectivity index (χ1v) is 7.00. The Bertz CT molecular complexity index is 678. The Balaban J connectivity index is 2.36. The summed E-state index contributed by atoms with van der Waals surface area (Å²) >= 11 is 7.43. The second-order valence-electron chi connectivity index (χ2n) is 4.31. The van der Waals surface area contributed by atoms with Crippen LogP contribution in [-0.2, 0) is 4.79 Å². The lowest BCUT2D eigenvalue weighted by Gasteiger charge is -2.09. The topological polar surface area (TPSA) is 42.0 Å². The number of amides is 1. The highest BCUT2D eigenvalue weighted by molar-refractivity contribution is 7.15. The molecule has 0 bridgehead atoms. The molecule has 0 unspecified atom stereocenters. The molecule has 1 N–H and O–H groups in total. The third-order valence-corrected chi connectivity index (χ3v) is 4.18. The number of aromatic nitrogens is 1. The number of carbonyl (C=O) groups excluding carboxylic acids is 1. The second kappa shape index (κ2) is 5.65. The summed E-state index contributed by atoms with van der Waals surface area (Å²) in [6.45, 7) is 3.72. The standard InChI is InChI=1S/C13H10ClF3N2OS/c1-6-7(2)21-11(18-6)9-5-8(3-4-10(9)14)19-12(20)13(15,16)17/h3-5H,1-2H3,(H,19,20). The summed E-state index contributed by atoms with van der Waals surface area (Å²) in [6, 6.07) is 4.11. The van der Waals surface area contributed by atoms with Gasteiger partial charge < -0.3 is 5.32 Å². The first kappa shape index (κ1) is 15.8. The van der Waals surface area contributed by atoms with Crippen molar-refractivity contribution in [1.29, 1.82) is 0 Å². The molecule has 1 amide bonds. The van der Waals surface area contributed by atoms with Crippen LogP contribution < -0.4 is 5.32 Å². The molecule has 1 aromatic heterocycles. The molecule has 1 heterocycles. The summed E-state index contributed by atoms with van der Waals surface area (Å²) < 4.78 is 36.7. The molecule has 0 radical (unpaired) electrons. The van der Waals surface area contributed by atoms with Gasteiger partial charge in [-0.2, -0.15) is 13.2 Å². The number of nitrogens with zero attached hydrogens (tertiary/aromatic N) is 1. The maximum atomic E-state index is 12.2. The Hall–Kier alpha value is -1.60. The van der Waals surface area contributed by atoms with E-state index < -0.39 is 12.1 Å². The van der Waals surface area contributed by atoms with Crippen molar-refractivity contribution in [3.8, 4) is 10.6 Å². The molecule has 0 saturated carbocycles. The van der Waals surface area contributed by atoms with Crippen LogP contribution in [0, 0.1) is 13.8 Å². The molecule has 0 aliphatic heterocycles. The van der Waals surface area contributed by atoms with Gasteiger partial charge in [-0.15, -0.1) is 11.3 Å². The van der Waals surface area contributed by atoms with Crippen LogP contribution in [0.15, 0.2) is 18.2 Å². The normalized spacial score (nSPS) is 11.5. The van der Waals surface area contributed by atoms with Crippen molar-refractivity contribution in [2.24, 2.45) is 0 Å². The molecular formula is C13H10ClF3N2OS. The van der Waals surface area contributed by atoms with E-state index in [1.165, 1.54) is 29.5 Å². The quantitative estimate of drug-likeness (QED) is 0.873. The van der Waals surface area contributed by atoms with Gasteiger partial charge in [0.05, 0.1) is 10.7 Å². The van der Waals surface area contributed by atoms with E-state index in [0.717, 1.165) is 10.6 Å². The lowest BCUT2D eigenvalue weighted by atomic mass is 10.2. The van der Waals surface area contributed by atoms with Crippen molar-refractivity contribution in [3.63, 3.8) is 0 Å². The molecule has 112 valence electrons. The van der Waals surface area contributed by atoms with Gasteiger partial charge in [0.25, 0.3) is 0 Å². The highest BCUT2D eigenvalue weighted by atomic mass is 35.5. The summed E-state index contributed by atoms with van der Waals surface area (Å²) in [4.78, 5) is 16.2. The molecule has 2 rings (SSSR count). The van der Waals surface area contributed by atoms with Gasteiger partial charge in [-0.1, -0.05) is 11.6 Å². The predicted octanol–water partition coefficient (Wildman–Crippen LogP) is 4.58. The molecular weight excluding hydrogens is 325 g/mol. The lowest BCUT2D eigenvalue weighted by Crippen LogP contribution is -2.29. The first-order chi connectivity index (χ1) is 9.68. The van der Waals surface area contributed by atoms with Crippen LogP contribution in [-0.4, -0.2) is 17.1 Å². The van der Waals surface area contributed by atoms with Crippen LogP contribution in [0.2, 0.25) is 5.02 Å². The molecule has 0 fully saturated rings. The third kappa shape index (κ3) is 3.54. The Morgan fingerprint density at radius 1 is 1.33 bits per heavy atom. The van der Waals surface area contributed by atoms with Crippen molar-refractivity contribution in [2.75, 3.05) is 5.32 Å². The SMILES string of the molecule is Cc1nc(-c2cc(NC(=O)C(F)(F)F)ccc2Cl)sc1C. The Morgan fingerprint density at radius 2 is 2.00 bits per heavy atom. The zero-order valence-electron chi connectivity index (χ0n) is 11.0. The summed E-state index contributed by atoms with van der Waals surface area (Å²) in [6.07, 6.45) is -4.94. The summed E-state index contributed by atoms with van der Waals surface area (Å²) in [5.41, 5.74) is 1.33. The number of alkyl halides is 3. The third-order valence-electron chi connectivity index (χ3n) is 2.74. The van der Waals surface area contributed by atoms with Crippen molar-refractivity contribution in [2.45, 2.75) is 20.0 Å². The predicted molar refractivity (Wildman–Crippen MR) is 76.7 cm³/mol. The zero-order valence-corrected chi connectivity index (χ0v) is 12.6. The monoisotopic (exact) mass is 334 g/mol. The number of benzene rings is 1. The molecule has 0 aliphatic rings. The van der Waals surface area contributed by atoms with E-state index in [1.807, 2.05) is 13.8 Å². The number of hydrogen-bond donors (Lipinski definition) is 1. The van der Waals surface area contributed by atoms with Crippen molar-refractivity contribution < 1.29 is 18.0 Å². The van der Waals surface area contributed by atoms with Crippen molar-refractivity contribution in [1.82, 2.24) is 4.98 Å². The number of hydrogen-bond acceptors (Lipinski definition) is 3. The smallest absolute Gasteiger partial charge is 0.318 e. The molecule has 0 atom stereocenters. The van der Waals surface area contributed by atoms with Gasteiger partial charge in [-0.05, 0) is 32.0 Å². The zero-order chi connectivity index (χ0) is 15.8. The van der Waals surface area contributed by atoms with E-state index in [1.54, 1.807) is 5.32 Å². The fraction of sp³-hybridized carbons (Fsp3) is 0.231. The van der Waals surface area contributed by atoms with E-state index >= 15 is 0 Å². The minimum absolute atomic E-state index is 0.0160. The van der Waals surface area contributed by atoms with E-state index in [-0.39, 0.29) is 5.69 Å². The van der Waals surface area contributed by atoms with Crippen LogP contribution >= 0.6 is 22.9 Å². The molecule has 0 spiro atoms. The lowest BCUT2D eigenvalue weighted by molar-refractivity contribution is -0.167. The average Bonchev–Trinajstić information content (AvgIpc) is 2.70. The van der Waals surface area contributed by atoms with Crippen molar-refractivity contribution >= 4 is 34.5 Å². The first-order valence-electron chi connectivity index (χ1n) is 5.80. The van der Waals surface area contributed by atoms with Gasteiger partial charge in [0.1, 0.15) is 5.01 Å². The maximum absolute atomic E-state index is 12.2. The van der Waals surface area contributed by atoms with Gasteiger partial charge >= 0.3 is 12.1 Å². The van der Waals surface area contributed by atoms with E-state index in [0.29, 0.717) is 15.6 Å². The second-order valence-corrected chi connectivity index (χ2v) is 5.92. The van der Waals surface area contributed by atoms with E-state index in [9.17, 15) is 18.0 Å². The number of nitrogens with one attached hydrogen (secondary N) is 1. The highest BCUT2D eigenvalue weighted by Gasteiger charge is 2.38. The number of aryl methyl sites for hydroxylation is 2. The van der Waals surface area contributed by atoms with Gasteiger partial charge in [0, 0.05) is 16.1 Å². The number of rotatable bonds is 2. The number of thiazole rings is 1. The number of anilines is 1. The molecule has 3 nitrogen and oxygen atoms in total. The number of halogens is 4. The van der Waals surface area contributed by atoms with Gasteiger partial charge in [0.15, 0.2) is 0 Å². The van der Waals surface area contributed by atoms with E-state index in [4.69, 9.17) is 11.6 Å². The largest absolute Gasteiger partial charge is 0.471 e. The maximum Gasteiger partial charge on any atom is 0.471 e. The highest BCUT2D eigenvalue weighted by Crippen LogP contribution is 2.34. The van der Waals surface area contributed by atoms with Crippen LogP contribution in [0.25, 0.3) is 10.6 Å². The van der Waals surface area contributed by atoms with Gasteiger partial charge in [0.2, 0.25) is 0 Å². The Labute approximate surface area is 127 Å². The summed E-state index contributed by atoms with van der Waals surface area (Å²) in [5, 5.41) is 2.75. The molecule has 0 aliphatic carbocycles. The molecule has 8 heteroatoms. The van der Waals surface area contributed by atoms with Gasteiger partial charge in [-0.25, -0.2) is 4.98 Å². The summed E-state index contributed by atoms with van der Waals surface area (Å²) in [5.74, 6) is -2.03. The van der Waals surface area contributed by atoms with E-state index in [2.05, 4.69) is 4.98 Å². The Kier molecular flexibility index (Phi) is 4.25. The van der Waals surface area contributed by atoms with Crippen LogP contribution in [0.5, 0.6) is 0 Å². The van der Waals surface area contributed by atoms with Crippen molar-refractivity contribution in [3.05, 3.63) is 33.8 Å². The fourth-order valence-corrected chi connectivity index (χ4v) is 2.76. The minimum atomic E-state index is -4.94. The minimum Gasteiger partial charge on any atom is -0.318 e. The number of carbonyl (C=O) groups is 1.